The van der Waals surface area contributed by atoms with Crippen LogP contribution in [0.4, 0.5) is 0 Å². The van der Waals surface area contributed by atoms with Crippen molar-refractivity contribution in [2.75, 3.05) is 0 Å². The molecule has 0 aliphatic heterocycles. The topological polar surface area (TPSA) is 95.5 Å². The summed E-state index contributed by atoms with van der Waals surface area (Å²) >= 11 is 1.60. The molecule has 5 atom stereocenters. The van der Waals surface area contributed by atoms with Crippen LogP contribution < -0.4 is 10.9 Å². The van der Waals surface area contributed by atoms with Crippen molar-refractivity contribution in [2.24, 2.45) is 29.6 Å². The number of nitrogens with one attached hydrogen (secondary N) is 2. The fourth-order valence-electron chi connectivity index (χ4n) is 4.65. The van der Waals surface area contributed by atoms with E-state index in [9.17, 15) is 19.5 Å². The van der Waals surface area contributed by atoms with E-state index in [1.165, 1.54) is 4.88 Å². The SMILES string of the molecule is C[C@@H]1CCc2c(C(=O)NNC(=O)[C@@H]3[C@H](C(=O)O)[C@H]4C=C[C@H]3C4)csc2C1. The molecule has 2 amide bonds. The predicted octanol–water partition coefficient (Wildman–Crippen LogP) is 2.16. The highest BCUT2D eigenvalue weighted by molar-refractivity contribution is 7.10. The van der Waals surface area contributed by atoms with Crippen LogP contribution in [0.25, 0.3) is 0 Å². The van der Waals surface area contributed by atoms with Crippen LogP contribution in [-0.2, 0) is 22.4 Å². The molecule has 3 aliphatic carbocycles. The second kappa shape index (κ2) is 6.54. The molecule has 26 heavy (non-hydrogen) atoms. The highest BCUT2D eigenvalue weighted by Gasteiger charge is 2.51. The van der Waals surface area contributed by atoms with Crippen molar-refractivity contribution in [2.45, 2.75) is 32.6 Å². The van der Waals surface area contributed by atoms with Gasteiger partial charge in [-0.05, 0) is 49.0 Å². The number of amides is 2. The highest BCUT2D eigenvalue weighted by atomic mass is 32.1. The number of thiophene rings is 1. The van der Waals surface area contributed by atoms with Crippen LogP contribution in [-0.4, -0.2) is 22.9 Å². The molecule has 1 saturated carbocycles. The fourth-order valence-corrected chi connectivity index (χ4v) is 5.90. The van der Waals surface area contributed by atoms with Gasteiger partial charge in [0.25, 0.3) is 5.91 Å². The number of hydrogen-bond acceptors (Lipinski definition) is 4. The maximum absolute atomic E-state index is 12.5. The van der Waals surface area contributed by atoms with E-state index in [1.54, 1.807) is 11.3 Å². The van der Waals surface area contributed by atoms with Gasteiger partial charge in [0.05, 0.1) is 17.4 Å². The molecule has 2 bridgehead atoms. The molecule has 0 aromatic carbocycles. The third kappa shape index (κ3) is 2.84. The minimum absolute atomic E-state index is 0.0617. The monoisotopic (exact) mass is 374 g/mol. The third-order valence-corrected chi connectivity index (χ3v) is 7.04. The van der Waals surface area contributed by atoms with Gasteiger partial charge in [-0.2, -0.15) is 0 Å². The van der Waals surface area contributed by atoms with Gasteiger partial charge in [0.2, 0.25) is 5.91 Å². The quantitative estimate of drug-likeness (QED) is 0.558. The van der Waals surface area contributed by atoms with Gasteiger partial charge in [0.15, 0.2) is 0 Å². The Morgan fingerprint density at radius 1 is 1.15 bits per heavy atom. The lowest BCUT2D eigenvalue weighted by atomic mass is 9.82. The molecule has 3 aliphatic rings. The molecule has 0 saturated heterocycles. The number of hydrogen-bond donors (Lipinski definition) is 3. The average Bonchev–Trinajstić information content (AvgIpc) is 3.32. The number of allylic oxidation sites excluding steroid dienone is 2. The number of carboxylic acid groups (broad SMARTS) is 1. The van der Waals surface area contributed by atoms with E-state index in [0.717, 1.165) is 24.8 Å². The Hall–Kier alpha value is -2.15. The van der Waals surface area contributed by atoms with Crippen molar-refractivity contribution in [3.63, 3.8) is 0 Å². The molecule has 1 heterocycles. The predicted molar refractivity (Wildman–Crippen MR) is 96.5 cm³/mol. The molecule has 3 N–H and O–H groups in total. The first-order chi connectivity index (χ1) is 12.5. The first-order valence-corrected chi connectivity index (χ1v) is 9.94. The minimum Gasteiger partial charge on any atom is -0.481 e. The molecule has 0 radical (unpaired) electrons. The maximum atomic E-state index is 12.5. The van der Waals surface area contributed by atoms with E-state index in [-0.39, 0.29) is 17.7 Å². The van der Waals surface area contributed by atoms with E-state index in [4.69, 9.17) is 0 Å². The number of carbonyl (C=O) groups is 3. The average molecular weight is 374 g/mol. The van der Waals surface area contributed by atoms with Gasteiger partial charge in [-0.15, -0.1) is 11.3 Å². The van der Waals surface area contributed by atoms with Crippen molar-refractivity contribution in [3.8, 4) is 0 Å². The summed E-state index contributed by atoms with van der Waals surface area (Å²) in [7, 11) is 0. The lowest BCUT2D eigenvalue weighted by Gasteiger charge is -2.24. The van der Waals surface area contributed by atoms with Crippen molar-refractivity contribution in [3.05, 3.63) is 33.5 Å². The van der Waals surface area contributed by atoms with Gasteiger partial charge in [-0.3, -0.25) is 25.2 Å². The standard InChI is InChI=1S/C19H22N2O4S/c1-9-2-5-12-13(8-26-14(12)6-9)17(22)20-21-18(23)15-10-3-4-11(7-10)16(15)19(24)25/h3-4,8-11,15-16H,2,5-7H2,1H3,(H,20,22)(H,21,23)(H,24,25)/t9-,10+,11+,15+,16-/m1/s1. The van der Waals surface area contributed by atoms with Crippen LogP contribution in [0.2, 0.25) is 0 Å². The van der Waals surface area contributed by atoms with Gasteiger partial charge in [-0.1, -0.05) is 19.1 Å². The number of aliphatic carboxylic acids is 1. The lowest BCUT2D eigenvalue weighted by molar-refractivity contribution is -0.148. The van der Waals surface area contributed by atoms with Gasteiger partial charge in [0.1, 0.15) is 0 Å². The summed E-state index contributed by atoms with van der Waals surface area (Å²) in [6, 6.07) is 0. The lowest BCUT2D eigenvalue weighted by Crippen LogP contribution is -2.48. The van der Waals surface area contributed by atoms with Crippen LogP contribution in [0, 0.1) is 29.6 Å². The number of carbonyl (C=O) groups excluding carboxylic acids is 2. The summed E-state index contributed by atoms with van der Waals surface area (Å²) in [5, 5.41) is 11.3. The highest BCUT2D eigenvalue weighted by Crippen LogP contribution is 2.48. The Bertz CT molecular complexity index is 799. The van der Waals surface area contributed by atoms with Gasteiger partial charge < -0.3 is 5.11 Å². The second-order valence-electron chi connectivity index (χ2n) is 7.68. The van der Waals surface area contributed by atoms with E-state index in [0.29, 0.717) is 17.9 Å². The number of rotatable bonds is 3. The molecule has 138 valence electrons. The maximum Gasteiger partial charge on any atom is 0.307 e. The van der Waals surface area contributed by atoms with E-state index < -0.39 is 23.7 Å². The summed E-state index contributed by atoms with van der Waals surface area (Å²) in [5.41, 5.74) is 6.67. The summed E-state index contributed by atoms with van der Waals surface area (Å²) in [6.45, 7) is 2.21. The molecular weight excluding hydrogens is 352 g/mol. The van der Waals surface area contributed by atoms with Crippen LogP contribution >= 0.6 is 11.3 Å². The van der Waals surface area contributed by atoms with E-state index in [2.05, 4.69) is 17.8 Å². The molecule has 6 nitrogen and oxygen atoms in total. The van der Waals surface area contributed by atoms with Crippen molar-refractivity contribution >= 4 is 29.1 Å². The number of fused-ring (bicyclic) bond motifs is 3. The fraction of sp³-hybridized carbons (Fsp3) is 0.526. The normalized spacial score (nSPS) is 31.5. The van der Waals surface area contributed by atoms with E-state index in [1.807, 2.05) is 17.5 Å². The van der Waals surface area contributed by atoms with Crippen LogP contribution in [0.5, 0.6) is 0 Å². The van der Waals surface area contributed by atoms with Crippen LogP contribution in [0.3, 0.4) is 0 Å². The third-order valence-electron chi connectivity index (χ3n) is 5.99. The Kier molecular flexibility index (Phi) is 4.34. The molecule has 0 unspecified atom stereocenters. The van der Waals surface area contributed by atoms with Gasteiger partial charge in [-0.25, -0.2) is 0 Å². The second-order valence-corrected chi connectivity index (χ2v) is 8.64. The largest absolute Gasteiger partial charge is 0.481 e. The Morgan fingerprint density at radius 2 is 1.88 bits per heavy atom. The first kappa shape index (κ1) is 17.3. The Balaban J connectivity index is 1.41. The zero-order chi connectivity index (χ0) is 18.4. The number of carboxylic acids is 1. The zero-order valence-corrected chi connectivity index (χ0v) is 15.3. The van der Waals surface area contributed by atoms with Crippen molar-refractivity contribution in [1.82, 2.24) is 10.9 Å². The number of hydrazine groups is 1. The van der Waals surface area contributed by atoms with Gasteiger partial charge in [0, 0.05) is 10.3 Å². The summed E-state index contributed by atoms with van der Waals surface area (Å²) < 4.78 is 0. The summed E-state index contributed by atoms with van der Waals surface area (Å²) in [4.78, 5) is 37.8. The van der Waals surface area contributed by atoms with E-state index >= 15 is 0 Å². The molecule has 1 aromatic rings. The summed E-state index contributed by atoms with van der Waals surface area (Å²) in [6.07, 6.45) is 7.46. The Labute approximate surface area is 155 Å². The molecule has 4 rings (SSSR count). The smallest absolute Gasteiger partial charge is 0.307 e. The first-order valence-electron chi connectivity index (χ1n) is 9.06. The molecule has 1 aromatic heterocycles. The molecular formula is C19H22N2O4S. The van der Waals surface area contributed by atoms with Crippen LogP contribution in [0.15, 0.2) is 17.5 Å². The van der Waals surface area contributed by atoms with Gasteiger partial charge >= 0.3 is 5.97 Å². The molecule has 0 spiro atoms. The van der Waals surface area contributed by atoms with Crippen molar-refractivity contribution in [1.29, 1.82) is 0 Å². The minimum atomic E-state index is -0.950. The van der Waals surface area contributed by atoms with Crippen LogP contribution in [0.1, 0.15) is 40.6 Å². The molecule has 7 heteroatoms. The zero-order valence-electron chi connectivity index (χ0n) is 14.5. The Morgan fingerprint density at radius 3 is 2.62 bits per heavy atom. The molecule has 1 fully saturated rings. The van der Waals surface area contributed by atoms with Crippen molar-refractivity contribution < 1.29 is 19.5 Å². The summed E-state index contributed by atoms with van der Waals surface area (Å²) in [5.74, 6) is -2.54.